The Hall–Kier alpha value is -2.90. The molecule has 0 saturated carbocycles. The predicted octanol–water partition coefficient (Wildman–Crippen LogP) is 3.22. The smallest absolute Gasteiger partial charge is 0.353 e. The quantitative estimate of drug-likeness (QED) is 0.663. The first-order valence-electron chi connectivity index (χ1n) is 8.72. The van der Waals surface area contributed by atoms with Crippen LogP contribution >= 0.6 is 0 Å². The average Bonchev–Trinajstić information content (AvgIpc) is 2.60. The Morgan fingerprint density at radius 3 is 2.38 bits per heavy atom. The molecule has 1 aromatic heterocycles. The average molecular weight is 356 g/mol. The Kier molecular flexibility index (Phi) is 4.92. The van der Waals surface area contributed by atoms with Gasteiger partial charge in [-0.15, -0.1) is 0 Å². The first-order chi connectivity index (χ1) is 12.4. The van der Waals surface area contributed by atoms with E-state index in [0.717, 1.165) is 25.2 Å². The first-order valence-corrected chi connectivity index (χ1v) is 8.72. The maximum atomic E-state index is 11.6. The molecule has 2 heterocycles. The number of hydrogen-bond donors (Lipinski definition) is 1. The van der Waals surface area contributed by atoms with Crippen molar-refractivity contribution in [2.75, 3.05) is 35.7 Å². The SMILES string of the molecule is C[C@H]1C[C@H](C)CN(c2nc(N(C)c3ccccc3)nc(N)c2[N+](=O)[O-])C1. The number of piperidine rings is 1. The maximum absolute atomic E-state index is 11.6. The van der Waals surface area contributed by atoms with Crippen molar-refractivity contribution in [2.24, 2.45) is 11.8 Å². The van der Waals surface area contributed by atoms with E-state index < -0.39 is 4.92 Å². The van der Waals surface area contributed by atoms with E-state index in [2.05, 4.69) is 23.8 Å². The molecule has 26 heavy (non-hydrogen) atoms. The normalized spacial score (nSPS) is 20.0. The third-order valence-corrected chi connectivity index (χ3v) is 4.68. The topological polar surface area (TPSA) is 101 Å². The first kappa shape index (κ1) is 17.9. The lowest BCUT2D eigenvalue weighted by molar-refractivity contribution is -0.383. The molecule has 1 aromatic carbocycles. The zero-order chi connectivity index (χ0) is 18.8. The maximum Gasteiger partial charge on any atom is 0.353 e. The molecule has 0 radical (unpaired) electrons. The number of nitrogen functional groups attached to an aromatic ring is 1. The lowest BCUT2D eigenvalue weighted by Crippen LogP contribution is -2.39. The molecule has 8 nitrogen and oxygen atoms in total. The summed E-state index contributed by atoms with van der Waals surface area (Å²) in [6, 6.07) is 9.59. The Morgan fingerprint density at radius 2 is 1.81 bits per heavy atom. The van der Waals surface area contributed by atoms with Crippen LogP contribution in [0.4, 0.5) is 29.0 Å². The number of aromatic nitrogens is 2. The summed E-state index contributed by atoms with van der Waals surface area (Å²) < 4.78 is 0. The third kappa shape index (κ3) is 3.54. The van der Waals surface area contributed by atoms with Crippen molar-refractivity contribution in [3.63, 3.8) is 0 Å². The number of anilines is 4. The largest absolute Gasteiger partial charge is 0.378 e. The number of para-hydroxylation sites is 1. The molecule has 3 rings (SSSR count). The molecule has 2 aromatic rings. The highest BCUT2D eigenvalue weighted by Gasteiger charge is 2.32. The number of nitro groups is 1. The fraction of sp³-hybridized carbons (Fsp3) is 0.444. The second kappa shape index (κ2) is 7.15. The van der Waals surface area contributed by atoms with Gasteiger partial charge in [0.25, 0.3) is 0 Å². The molecular formula is C18H24N6O2. The van der Waals surface area contributed by atoms with Crippen molar-refractivity contribution in [2.45, 2.75) is 20.3 Å². The van der Waals surface area contributed by atoms with Crippen molar-refractivity contribution in [1.82, 2.24) is 9.97 Å². The van der Waals surface area contributed by atoms with E-state index in [0.29, 0.717) is 23.6 Å². The Morgan fingerprint density at radius 1 is 1.19 bits per heavy atom. The molecular weight excluding hydrogens is 332 g/mol. The molecule has 138 valence electrons. The number of rotatable bonds is 4. The van der Waals surface area contributed by atoms with Crippen LogP contribution in [0.5, 0.6) is 0 Å². The second-order valence-electron chi connectivity index (χ2n) is 7.08. The van der Waals surface area contributed by atoms with E-state index >= 15 is 0 Å². The van der Waals surface area contributed by atoms with Crippen LogP contribution in [0.25, 0.3) is 0 Å². The fourth-order valence-corrected chi connectivity index (χ4v) is 3.60. The summed E-state index contributed by atoms with van der Waals surface area (Å²) >= 11 is 0. The van der Waals surface area contributed by atoms with Gasteiger partial charge >= 0.3 is 5.69 Å². The molecule has 0 aliphatic carbocycles. The lowest BCUT2D eigenvalue weighted by Gasteiger charge is -2.35. The molecule has 1 aliphatic rings. The summed E-state index contributed by atoms with van der Waals surface area (Å²) in [5.74, 6) is 1.41. The molecule has 1 saturated heterocycles. The zero-order valence-corrected chi connectivity index (χ0v) is 15.3. The van der Waals surface area contributed by atoms with Crippen molar-refractivity contribution >= 4 is 29.0 Å². The molecule has 0 spiro atoms. The monoisotopic (exact) mass is 356 g/mol. The predicted molar refractivity (Wildman–Crippen MR) is 103 cm³/mol. The van der Waals surface area contributed by atoms with Crippen LogP contribution in [0, 0.1) is 22.0 Å². The summed E-state index contributed by atoms with van der Waals surface area (Å²) in [5, 5.41) is 11.6. The summed E-state index contributed by atoms with van der Waals surface area (Å²) in [6.07, 6.45) is 1.10. The lowest BCUT2D eigenvalue weighted by atomic mass is 9.92. The van der Waals surface area contributed by atoms with E-state index in [4.69, 9.17) is 5.73 Å². The van der Waals surface area contributed by atoms with Gasteiger partial charge in [0.15, 0.2) is 0 Å². The van der Waals surface area contributed by atoms with Gasteiger partial charge < -0.3 is 15.5 Å². The standard InChI is InChI=1S/C18H24N6O2/c1-12-9-13(2)11-23(10-12)17-15(24(25)26)16(19)20-18(21-17)22(3)14-7-5-4-6-8-14/h4-8,12-13H,9-11H2,1-3H3,(H2,19,20,21)/t12-,13-/m0/s1. The van der Waals surface area contributed by atoms with Gasteiger partial charge in [0.2, 0.25) is 17.6 Å². The minimum atomic E-state index is -0.485. The Balaban J connectivity index is 2.06. The van der Waals surface area contributed by atoms with Crippen molar-refractivity contribution in [3.05, 3.63) is 40.4 Å². The van der Waals surface area contributed by atoms with Crippen LogP contribution < -0.4 is 15.5 Å². The molecule has 8 heteroatoms. The zero-order valence-electron chi connectivity index (χ0n) is 15.3. The molecule has 0 amide bonds. The van der Waals surface area contributed by atoms with Crippen LogP contribution in [0.3, 0.4) is 0 Å². The van der Waals surface area contributed by atoms with E-state index in [1.165, 1.54) is 0 Å². The highest BCUT2D eigenvalue weighted by atomic mass is 16.6. The van der Waals surface area contributed by atoms with Crippen LogP contribution in [0.1, 0.15) is 20.3 Å². The number of nitrogens with zero attached hydrogens (tertiary/aromatic N) is 5. The van der Waals surface area contributed by atoms with Gasteiger partial charge in [-0.2, -0.15) is 9.97 Å². The minimum Gasteiger partial charge on any atom is -0.378 e. The van der Waals surface area contributed by atoms with Gasteiger partial charge in [-0.25, -0.2) is 0 Å². The fourth-order valence-electron chi connectivity index (χ4n) is 3.60. The Bertz CT molecular complexity index is 788. The van der Waals surface area contributed by atoms with Gasteiger partial charge in [-0.3, -0.25) is 10.1 Å². The Labute approximate surface area is 152 Å². The van der Waals surface area contributed by atoms with E-state index in [-0.39, 0.29) is 11.5 Å². The number of hydrogen-bond acceptors (Lipinski definition) is 7. The molecule has 2 N–H and O–H groups in total. The summed E-state index contributed by atoms with van der Waals surface area (Å²) in [5.41, 5.74) is 6.64. The molecule has 0 unspecified atom stereocenters. The third-order valence-electron chi connectivity index (χ3n) is 4.68. The van der Waals surface area contributed by atoms with Gasteiger partial charge in [-0.05, 0) is 30.4 Å². The number of benzene rings is 1. The van der Waals surface area contributed by atoms with E-state index in [9.17, 15) is 10.1 Å². The molecule has 2 atom stereocenters. The second-order valence-corrected chi connectivity index (χ2v) is 7.08. The van der Waals surface area contributed by atoms with Gasteiger partial charge in [-0.1, -0.05) is 32.0 Å². The highest BCUT2D eigenvalue weighted by Crippen LogP contribution is 2.36. The molecule has 1 aliphatic heterocycles. The van der Waals surface area contributed by atoms with Crippen LogP contribution in [0.2, 0.25) is 0 Å². The van der Waals surface area contributed by atoms with Crippen LogP contribution in [-0.4, -0.2) is 35.0 Å². The van der Waals surface area contributed by atoms with Gasteiger partial charge in [0.05, 0.1) is 4.92 Å². The summed E-state index contributed by atoms with van der Waals surface area (Å²) in [7, 11) is 1.82. The van der Waals surface area contributed by atoms with Crippen molar-refractivity contribution < 1.29 is 4.92 Å². The van der Waals surface area contributed by atoms with Crippen LogP contribution in [-0.2, 0) is 0 Å². The minimum absolute atomic E-state index is 0.108. The molecule has 0 bridgehead atoms. The van der Waals surface area contributed by atoms with Crippen molar-refractivity contribution in [1.29, 1.82) is 0 Å². The molecule has 1 fully saturated rings. The van der Waals surface area contributed by atoms with Crippen LogP contribution in [0.15, 0.2) is 30.3 Å². The summed E-state index contributed by atoms with van der Waals surface area (Å²) in [6.45, 7) is 5.73. The van der Waals surface area contributed by atoms with Gasteiger partial charge in [0, 0.05) is 25.8 Å². The van der Waals surface area contributed by atoms with Gasteiger partial charge in [0.1, 0.15) is 0 Å². The highest BCUT2D eigenvalue weighted by molar-refractivity contribution is 5.72. The van der Waals surface area contributed by atoms with E-state index in [1.807, 2.05) is 42.3 Å². The number of nitrogens with two attached hydrogens (primary N) is 1. The van der Waals surface area contributed by atoms with E-state index in [1.54, 1.807) is 4.90 Å². The van der Waals surface area contributed by atoms with Crippen molar-refractivity contribution in [3.8, 4) is 0 Å². The summed E-state index contributed by atoms with van der Waals surface area (Å²) in [4.78, 5) is 23.6.